The Morgan fingerprint density at radius 3 is 2.47 bits per heavy atom. The first-order chi connectivity index (χ1) is 24.6. The second-order valence-electron chi connectivity index (χ2n) is 12.4. The highest BCUT2D eigenvalue weighted by atomic mass is 19.4. The van der Waals surface area contributed by atoms with Gasteiger partial charge in [-0.1, -0.05) is 60.7 Å². The van der Waals surface area contributed by atoms with Crippen LogP contribution in [-0.2, 0) is 6.18 Å². The van der Waals surface area contributed by atoms with Gasteiger partial charge in [0.1, 0.15) is 17.3 Å². The molecule has 0 spiro atoms. The highest BCUT2D eigenvalue weighted by Crippen LogP contribution is 2.44. The van der Waals surface area contributed by atoms with E-state index in [1.54, 1.807) is 13.2 Å². The Morgan fingerprint density at radius 2 is 1.75 bits per heavy atom. The lowest BCUT2D eigenvalue weighted by Gasteiger charge is -2.36. The van der Waals surface area contributed by atoms with Crippen molar-refractivity contribution in [3.8, 4) is 17.5 Å². The number of halogens is 4. The van der Waals surface area contributed by atoms with Crippen LogP contribution in [0.15, 0.2) is 115 Å². The summed E-state index contributed by atoms with van der Waals surface area (Å²) in [5, 5.41) is 17.4. The van der Waals surface area contributed by atoms with Gasteiger partial charge >= 0.3 is 6.18 Å². The Kier molecular flexibility index (Phi) is 8.92. The van der Waals surface area contributed by atoms with Crippen molar-refractivity contribution in [3.63, 3.8) is 0 Å². The maximum atomic E-state index is 15.7. The topological polar surface area (TPSA) is 83.2 Å². The Balaban J connectivity index is 1.36. The summed E-state index contributed by atoms with van der Waals surface area (Å²) in [4.78, 5) is 16.0. The van der Waals surface area contributed by atoms with Crippen molar-refractivity contribution in [2.24, 2.45) is 5.92 Å². The monoisotopic (exact) mass is 689 g/mol. The normalized spacial score (nSPS) is 13.4. The summed E-state index contributed by atoms with van der Waals surface area (Å²) in [6, 6.07) is 33.7. The molecule has 1 aromatic heterocycles. The third-order valence-corrected chi connectivity index (χ3v) is 8.98. The van der Waals surface area contributed by atoms with Crippen LogP contribution in [0.4, 0.5) is 28.9 Å². The molecule has 7 rings (SSSR count). The molecule has 1 unspecified atom stereocenters. The van der Waals surface area contributed by atoms with E-state index in [0.717, 1.165) is 39.5 Å². The summed E-state index contributed by atoms with van der Waals surface area (Å²) in [6.07, 6.45) is -2.73. The van der Waals surface area contributed by atoms with Crippen LogP contribution in [0.3, 0.4) is 0 Å². The number of para-hydroxylation sites is 1. The van der Waals surface area contributed by atoms with Crippen molar-refractivity contribution in [2.45, 2.75) is 25.1 Å². The maximum Gasteiger partial charge on any atom is 0.435 e. The van der Waals surface area contributed by atoms with Gasteiger partial charge in [-0.25, -0.2) is 9.07 Å². The van der Waals surface area contributed by atoms with Crippen LogP contribution in [0.2, 0.25) is 0 Å². The van der Waals surface area contributed by atoms with Crippen LogP contribution in [-0.4, -0.2) is 29.3 Å². The predicted octanol–water partition coefficient (Wildman–Crippen LogP) is 9.32. The minimum absolute atomic E-state index is 0.0608. The van der Waals surface area contributed by atoms with Crippen molar-refractivity contribution >= 4 is 28.1 Å². The molecule has 5 aromatic carbocycles. The molecule has 7 nitrogen and oxygen atoms in total. The second kappa shape index (κ2) is 13.6. The molecule has 1 atom stereocenters. The molecular formula is C40H31F4N5O2. The number of hydrogen-bond acceptors (Lipinski definition) is 5. The van der Waals surface area contributed by atoms with Crippen LogP contribution >= 0.6 is 0 Å². The van der Waals surface area contributed by atoms with Crippen molar-refractivity contribution in [3.05, 3.63) is 149 Å². The number of anilines is 2. The number of nitriles is 1. The molecule has 1 N–H and O–H groups in total. The number of carbonyl (C=O) groups excluding carboxylic acids is 1. The van der Waals surface area contributed by atoms with Crippen molar-refractivity contribution in [2.75, 3.05) is 23.9 Å². The Hall–Kier alpha value is -6.15. The van der Waals surface area contributed by atoms with Gasteiger partial charge in [0.15, 0.2) is 5.69 Å². The highest BCUT2D eigenvalue weighted by Gasteiger charge is 2.37. The number of carbonyl (C=O) groups is 1. The number of alkyl halides is 3. The van der Waals surface area contributed by atoms with Gasteiger partial charge in [-0.3, -0.25) is 4.79 Å². The smallest absolute Gasteiger partial charge is 0.435 e. The van der Waals surface area contributed by atoms with Crippen molar-refractivity contribution < 1.29 is 27.1 Å². The van der Waals surface area contributed by atoms with Gasteiger partial charge in [0.25, 0.3) is 5.91 Å². The zero-order valence-electron chi connectivity index (χ0n) is 27.4. The van der Waals surface area contributed by atoms with E-state index in [-0.39, 0.29) is 16.9 Å². The molecule has 1 aliphatic rings. The number of nitrogens with zero attached hydrogens (tertiary/aromatic N) is 4. The lowest BCUT2D eigenvalue weighted by molar-refractivity contribution is -0.141. The summed E-state index contributed by atoms with van der Waals surface area (Å²) in [5.74, 6) is -0.740. The van der Waals surface area contributed by atoms with Crippen LogP contribution in [0.1, 0.15) is 51.8 Å². The molecule has 11 heteroatoms. The van der Waals surface area contributed by atoms with E-state index >= 15 is 4.39 Å². The number of nitrogens with one attached hydrogen (secondary N) is 1. The number of aromatic nitrogens is 2. The molecule has 1 saturated carbocycles. The molecule has 0 aliphatic heterocycles. The van der Waals surface area contributed by atoms with E-state index in [4.69, 9.17) is 4.74 Å². The number of hydrogen-bond donors (Lipinski definition) is 1. The zero-order valence-corrected chi connectivity index (χ0v) is 27.4. The molecule has 0 radical (unpaired) electrons. The summed E-state index contributed by atoms with van der Waals surface area (Å²) in [7, 11) is 1.60. The first-order valence-electron chi connectivity index (χ1n) is 16.3. The minimum Gasteiger partial charge on any atom is -0.496 e. The SMILES string of the molecule is COc1ccc2ccccc2c1C(c1ccc(F)c(NC(=O)c2cc(C(F)(F)F)nn2-c2cccc(C#N)c2)c1)N(CC1CC1)c1ccccc1. The number of methoxy groups -OCH3 is 1. The molecular weight excluding hydrogens is 658 g/mol. The number of benzene rings is 5. The summed E-state index contributed by atoms with van der Waals surface area (Å²) in [5.41, 5.74) is 0.582. The molecule has 1 amide bonds. The second-order valence-corrected chi connectivity index (χ2v) is 12.4. The first-order valence-corrected chi connectivity index (χ1v) is 16.3. The van der Waals surface area contributed by atoms with Gasteiger partial charge in [-0.05, 0) is 83.6 Å². The molecule has 0 saturated heterocycles. The summed E-state index contributed by atoms with van der Waals surface area (Å²) in [6.45, 7) is 0.696. The van der Waals surface area contributed by atoms with Crippen molar-refractivity contribution in [1.29, 1.82) is 5.26 Å². The van der Waals surface area contributed by atoms with E-state index in [0.29, 0.717) is 29.8 Å². The fourth-order valence-corrected chi connectivity index (χ4v) is 6.38. The summed E-state index contributed by atoms with van der Waals surface area (Å²) < 4.78 is 64.0. The van der Waals surface area contributed by atoms with Crippen LogP contribution in [0.25, 0.3) is 16.5 Å². The van der Waals surface area contributed by atoms with E-state index in [2.05, 4.69) is 15.3 Å². The van der Waals surface area contributed by atoms with Gasteiger partial charge in [-0.2, -0.15) is 23.5 Å². The molecule has 6 aromatic rings. The fourth-order valence-electron chi connectivity index (χ4n) is 6.38. The average Bonchev–Trinajstić information content (AvgIpc) is 3.85. The third-order valence-electron chi connectivity index (χ3n) is 8.98. The number of amides is 1. The largest absolute Gasteiger partial charge is 0.496 e. The van der Waals surface area contributed by atoms with E-state index < -0.39 is 35.3 Å². The van der Waals surface area contributed by atoms with Gasteiger partial charge < -0.3 is 15.0 Å². The number of ether oxygens (including phenoxy) is 1. The van der Waals surface area contributed by atoms with E-state index in [1.165, 1.54) is 36.4 Å². The maximum absolute atomic E-state index is 15.7. The molecule has 51 heavy (non-hydrogen) atoms. The zero-order chi connectivity index (χ0) is 35.7. The Bertz CT molecular complexity index is 2280. The fraction of sp³-hybridized carbons (Fsp3) is 0.175. The number of rotatable bonds is 10. The molecule has 1 aliphatic carbocycles. The molecule has 256 valence electrons. The van der Waals surface area contributed by atoms with Crippen LogP contribution in [0.5, 0.6) is 5.75 Å². The first kappa shape index (κ1) is 33.4. The predicted molar refractivity (Wildman–Crippen MR) is 186 cm³/mol. The van der Waals surface area contributed by atoms with Gasteiger partial charge in [0.2, 0.25) is 0 Å². The van der Waals surface area contributed by atoms with Gasteiger partial charge in [0.05, 0.1) is 36.2 Å². The lowest BCUT2D eigenvalue weighted by Crippen LogP contribution is -2.32. The lowest BCUT2D eigenvalue weighted by atomic mass is 9.90. The van der Waals surface area contributed by atoms with Gasteiger partial charge in [-0.15, -0.1) is 0 Å². The van der Waals surface area contributed by atoms with Crippen LogP contribution in [0, 0.1) is 23.1 Å². The Morgan fingerprint density at radius 1 is 0.980 bits per heavy atom. The number of fused-ring (bicyclic) bond motifs is 1. The third kappa shape index (κ3) is 6.85. The molecule has 1 fully saturated rings. The summed E-state index contributed by atoms with van der Waals surface area (Å²) >= 11 is 0. The van der Waals surface area contributed by atoms with Gasteiger partial charge in [0, 0.05) is 23.9 Å². The average molecular weight is 690 g/mol. The minimum atomic E-state index is -4.87. The molecule has 0 bridgehead atoms. The van der Waals surface area contributed by atoms with Crippen molar-refractivity contribution in [1.82, 2.24) is 9.78 Å². The van der Waals surface area contributed by atoms with E-state index in [1.807, 2.05) is 72.8 Å². The molecule has 1 heterocycles. The van der Waals surface area contributed by atoms with Crippen LogP contribution < -0.4 is 15.0 Å². The Labute approximate surface area is 291 Å². The highest BCUT2D eigenvalue weighted by molar-refractivity contribution is 6.03. The van der Waals surface area contributed by atoms with E-state index in [9.17, 15) is 23.2 Å². The standard InChI is InChI=1S/C40H31F4N5O2/c1-51-35-19-17-27-9-5-6-13-31(27)37(35)38(48(24-25-14-15-25)29-10-3-2-4-11-29)28-16-18-32(41)33(21-28)46-39(50)34-22-36(40(42,43)44)47-49(34)30-12-7-8-26(20-30)23-45/h2-13,16-22,25,38H,14-15,24H2,1H3,(H,46,50). The quantitative estimate of drug-likeness (QED) is 0.145.